The maximum absolute atomic E-state index is 12.3. The van der Waals surface area contributed by atoms with Crippen LogP contribution < -0.4 is 10.9 Å². The first-order valence-electron chi connectivity index (χ1n) is 10.7. The van der Waals surface area contributed by atoms with Crippen molar-refractivity contribution in [1.29, 1.82) is 0 Å². The van der Waals surface area contributed by atoms with Gasteiger partial charge in [-0.2, -0.15) is 0 Å². The number of rotatable bonds is 11. The Hall–Kier alpha value is -4.32. The summed E-state index contributed by atoms with van der Waals surface area (Å²) >= 11 is 0. The van der Waals surface area contributed by atoms with Crippen molar-refractivity contribution in [2.45, 2.75) is 32.4 Å². The number of hydrogen-bond donors (Lipinski definition) is 4. The molecule has 0 saturated heterocycles. The zero-order chi connectivity index (χ0) is 26.7. The minimum absolute atomic E-state index is 0.00933. The molecule has 2 aromatic carbocycles. The Labute approximate surface area is 207 Å². The number of phenols is 2. The first-order chi connectivity index (χ1) is 17.1. The average Bonchev–Trinajstić information content (AvgIpc) is 2.87. The Balaban J connectivity index is 1.80. The molecular weight excluding hydrogens is 476 g/mol. The maximum atomic E-state index is 12.3. The van der Waals surface area contributed by atoms with Crippen LogP contribution in [0.2, 0.25) is 0 Å². The van der Waals surface area contributed by atoms with E-state index in [4.69, 9.17) is 18.9 Å². The van der Waals surface area contributed by atoms with Crippen molar-refractivity contribution >= 4 is 24.0 Å². The van der Waals surface area contributed by atoms with Crippen molar-refractivity contribution in [3.05, 3.63) is 59.7 Å². The molecule has 0 aliphatic rings. The number of phenolic OH excluding ortho intramolecular Hbond substituents is 2. The van der Waals surface area contributed by atoms with Gasteiger partial charge in [-0.25, -0.2) is 15.0 Å². The molecule has 0 saturated carbocycles. The Bertz CT molecular complexity index is 1080. The lowest BCUT2D eigenvalue weighted by atomic mass is 9.93. The summed E-state index contributed by atoms with van der Waals surface area (Å²) in [5.41, 5.74) is 4.33. The van der Waals surface area contributed by atoms with Gasteiger partial charge >= 0.3 is 24.0 Å². The minimum Gasteiger partial charge on any atom is -0.504 e. The lowest BCUT2D eigenvalue weighted by molar-refractivity contribution is -0.166. The van der Waals surface area contributed by atoms with Crippen molar-refractivity contribution in [2.75, 3.05) is 13.9 Å². The van der Waals surface area contributed by atoms with Crippen molar-refractivity contribution < 1.29 is 48.3 Å². The molecule has 2 atom stereocenters. The number of aromatic hydroxyl groups is 2. The predicted molar refractivity (Wildman–Crippen MR) is 123 cm³/mol. The van der Waals surface area contributed by atoms with Crippen LogP contribution in [0.4, 0.5) is 4.79 Å². The van der Waals surface area contributed by atoms with E-state index >= 15 is 0 Å². The molecular formula is C24H28N2O10. The predicted octanol–water partition coefficient (Wildman–Crippen LogP) is 1.68. The van der Waals surface area contributed by atoms with Gasteiger partial charge in [0.1, 0.15) is 12.1 Å². The van der Waals surface area contributed by atoms with Crippen LogP contribution >= 0.6 is 0 Å². The van der Waals surface area contributed by atoms with Crippen LogP contribution in [0, 0.1) is 5.92 Å². The first kappa shape index (κ1) is 27.9. The lowest BCUT2D eigenvalue weighted by Gasteiger charge is -2.28. The third-order valence-electron chi connectivity index (χ3n) is 5.00. The van der Waals surface area contributed by atoms with Crippen LogP contribution in [0.25, 0.3) is 0 Å². The molecule has 36 heavy (non-hydrogen) atoms. The molecule has 0 bridgehead atoms. The number of methoxy groups -OCH3 is 1. The lowest BCUT2D eigenvalue weighted by Crippen LogP contribution is -2.59. The summed E-state index contributed by atoms with van der Waals surface area (Å²) < 4.78 is 19.3. The topological polar surface area (TPSA) is 170 Å². The Kier molecular flexibility index (Phi) is 10.0. The van der Waals surface area contributed by atoms with E-state index < -0.39 is 42.3 Å². The molecule has 0 fully saturated rings. The summed E-state index contributed by atoms with van der Waals surface area (Å²) in [6.07, 6.45) is -1.14. The van der Waals surface area contributed by atoms with Gasteiger partial charge in [-0.15, -0.1) is 0 Å². The quantitative estimate of drug-likeness (QED) is 0.0877. The van der Waals surface area contributed by atoms with Crippen LogP contribution in [0.5, 0.6) is 11.5 Å². The number of amides is 1. The molecule has 12 heteroatoms. The van der Waals surface area contributed by atoms with Gasteiger partial charge in [-0.1, -0.05) is 36.4 Å². The molecule has 2 unspecified atom stereocenters. The smallest absolute Gasteiger partial charge is 0.424 e. The molecule has 2 aromatic rings. The molecule has 0 aliphatic heterocycles. The maximum Gasteiger partial charge on any atom is 0.424 e. The monoisotopic (exact) mass is 504 g/mol. The van der Waals surface area contributed by atoms with Gasteiger partial charge in [0.2, 0.25) is 6.79 Å². The molecule has 4 N–H and O–H groups in total. The molecule has 0 radical (unpaired) electrons. The second-order valence-electron chi connectivity index (χ2n) is 7.90. The fourth-order valence-electron chi connectivity index (χ4n) is 2.92. The summed E-state index contributed by atoms with van der Waals surface area (Å²) in [7, 11) is 1.15. The van der Waals surface area contributed by atoms with Crippen LogP contribution in [-0.4, -0.2) is 53.7 Å². The molecule has 0 heterocycles. The Morgan fingerprint density at radius 3 is 2.22 bits per heavy atom. The number of carbonyl (C=O) groups excluding carboxylic acids is 4. The van der Waals surface area contributed by atoms with Crippen LogP contribution in [0.3, 0.4) is 0 Å². The summed E-state index contributed by atoms with van der Waals surface area (Å²) in [6.45, 7) is 1.90. The van der Waals surface area contributed by atoms with Gasteiger partial charge in [0.25, 0.3) is 0 Å². The second kappa shape index (κ2) is 13.0. The SMILES string of the molecule is COC(=O)C(C)(Cc1ccc(O)c(O)c1)NNC(=O)OCOC(=O)C(C)C(=O)OCc1ccccc1. The van der Waals surface area contributed by atoms with Crippen LogP contribution in [0.15, 0.2) is 48.5 Å². The average molecular weight is 504 g/mol. The Morgan fingerprint density at radius 2 is 1.58 bits per heavy atom. The van der Waals surface area contributed by atoms with E-state index in [1.54, 1.807) is 24.3 Å². The molecule has 0 spiro atoms. The number of hydrogen-bond acceptors (Lipinski definition) is 11. The second-order valence-corrected chi connectivity index (χ2v) is 7.90. The number of ether oxygens (including phenoxy) is 4. The number of benzene rings is 2. The highest BCUT2D eigenvalue weighted by atomic mass is 16.7. The molecule has 0 aliphatic carbocycles. The van der Waals surface area contributed by atoms with Gasteiger partial charge in [-0.3, -0.25) is 15.0 Å². The number of nitrogens with one attached hydrogen (secondary N) is 2. The standard InChI is InChI=1S/C24H28N2O10/c1-15(20(29)34-13-16-7-5-4-6-8-16)21(30)35-14-36-23(32)25-26-24(2,22(31)33-3)12-17-9-10-18(27)19(28)11-17/h4-11,15,26-28H,12-14H2,1-3H3,(H,25,32). The van der Waals surface area contributed by atoms with Gasteiger partial charge in [0.05, 0.1) is 7.11 Å². The normalized spacial score (nSPS) is 13.0. The summed E-state index contributed by atoms with van der Waals surface area (Å²) in [5, 5.41) is 19.1. The van der Waals surface area contributed by atoms with Crippen molar-refractivity contribution in [3.63, 3.8) is 0 Å². The number of esters is 3. The highest BCUT2D eigenvalue weighted by Gasteiger charge is 2.35. The van der Waals surface area contributed by atoms with Crippen LogP contribution in [0.1, 0.15) is 25.0 Å². The summed E-state index contributed by atoms with van der Waals surface area (Å²) in [6, 6.07) is 12.9. The first-order valence-corrected chi connectivity index (χ1v) is 10.7. The molecule has 194 valence electrons. The van der Waals surface area contributed by atoms with E-state index in [0.29, 0.717) is 5.56 Å². The highest BCUT2D eigenvalue weighted by molar-refractivity contribution is 5.94. The Morgan fingerprint density at radius 1 is 0.917 bits per heavy atom. The largest absolute Gasteiger partial charge is 0.504 e. The number of hydrazine groups is 1. The number of carbonyl (C=O) groups is 4. The molecule has 2 rings (SSSR count). The zero-order valence-corrected chi connectivity index (χ0v) is 20.0. The van der Waals surface area contributed by atoms with E-state index in [-0.39, 0.29) is 24.5 Å². The fraction of sp³-hybridized carbons (Fsp3) is 0.333. The van der Waals surface area contributed by atoms with Gasteiger partial charge < -0.3 is 29.2 Å². The van der Waals surface area contributed by atoms with E-state index in [2.05, 4.69) is 10.9 Å². The fourth-order valence-corrected chi connectivity index (χ4v) is 2.92. The van der Waals surface area contributed by atoms with E-state index in [9.17, 15) is 29.4 Å². The van der Waals surface area contributed by atoms with Crippen molar-refractivity contribution in [2.24, 2.45) is 5.92 Å². The molecule has 12 nitrogen and oxygen atoms in total. The zero-order valence-electron chi connectivity index (χ0n) is 20.0. The van der Waals surface area contributed by atoms with Gasteiger partial charge in [-0.05, 0) is 37.1 Å². The van der Waals surface area contributed by atoms with Gasteiger partial charge in [0.15, 0.2) is 17.4 Å². The van der Waals surface area contributed by atoms with Gasteiger partial charge in [0, 0.05) is 6.42 Å². The summed E-state index contributed by atoms with van der Waals surface area (Å²) in [4.78, 5) is 48.3. The third-order valence-corrected chi connectivity index (χ3v) is 5.00. The van der Waals surface area contributed by atoms with E-state index in [0.717, 1.165) is 12.7 Å². The third kappa shape index (κ3) is 8.17. The summed E-state index contributed by atoms with van der Waals surface area (Å²) in [5.74, 6) is -4.47. The molecule has 1 amide bonds. The van der Waals surface area contributed by atoms with E-state index in [1.165, 1.54) is 32.0 Å². The minimum atomic E-state index is -1.50. The highest BCUT2D eigenvalue weighted by Crippen LogP contribution is 2.27. The van der Waals surface area contributed by atoms with Crippen molar-refractivity contribution in [1.82, 2.24) is 10.9 Å². The molecule has 0 aromatic heterocycles. The van der Waals surface area contributed by atoms with E-state index in [1.807, 2.05) is 6.07 Å². The van der Waals surface area contributed by atoms with Crippen LogP contribution in [-0.2, 0) is 46.4 Å². The van der Waals surface area contributed by atoms with Crippen molar-refractivity contribution in [3.8, 4) is 11.5 Å².